The topological polar surface area (TPSA) is 74.9 Å². The van der Waals surface area contributed by atoms with Crippen LogP contribution in [0.4, 0.5) is 0 Å². The number of nitrogens with one attached hydrogen (secondary N) is 1. The molecule has 0 spiro atoms. The molecule has 4 nitrogen and oxygen atoms in total. The Labute approximate surface area is 112 Å². The van der Waals surface area contributed by atoms with Gasteiger partial charge in [0.25, 0.3) is 0 Å². The molecular formula is C11H13BrClN3O. The van der Waals surface area contributed by atoms with Crippen molar-refractivity contribution in [2.75, 3.05) is 6.54 Å². The summed E-state index contributed by atoms with van der Waals surface area (Å²) in [4.78, 5) is 7.54. The zero-order chi connectivity index (χ0) is 12.6. The molecule has 6 heteroatoms. The van der Waals surface area contributed by atoms with Crippen molar-refractivity contribution in [1.29, 1.82) is 0 Å². The summed E-state index contributed by atoms with van der Waals surface area (Å²) in [5.74, 6) is 0.693. The third kappa shape index (κ3) is 2.80. The first kappa shape index (κ1) is 12.8. The smallest absolute Gasteiger partial charge is 0.110 e. The Balaban J connectivity index is 2.42. The second kappa shape index (κ2) is 4.57. The molecule has 1 aromatic carbocycles. The minimum Gasteiger partial charge on any atom is -0.388 e. The van der Waals surface area contributed by atoms with Gasteiger partial charge in [-0.25, -0.2) is 4.98 Å². The lowest BCUT2D eigenvalue weighted by atomic mass is 10.0. The number of H-pyrrole nitrogens is 1. The van der Waals surface area contributed by atoms with Crippen molar-refractivity contribution in [3.63, 3.8) is 0 Å². The van der Waals surface area contributed by atoms with E-state index < -0.39 is 5.60 Å². The van der Waals surface area contributed by atoms with Gasteiger partial charge in [-0.05, 0) is 35.0 Å². The van der Waals surface area contributed by atoms with Crippen molar-refractivity contribution in [1.82, 2.24) is 9.97 Å². The van der Waals surface area contributed by atoms with E-state index in [0.29, 0.717) is 17.3 Å². The number of aromatic nitrogens is 2. The van der Waals surface area contributed by atoms with Gasteiger partial charge in [-0.2, -0.15) is 0 Å². The first-order chi connectivity index (χ1) is 7.91. The quantitative estimate of drug-likeness (QED) is 0.812. The summed E-state index contributed by atoms with van der Waals surface area (Å²) < 4.78 is 0.829. The highest BCUT2D eigenvalue weighted by Gasteiger charge is 2.21. The van der Waals surface area contributed by atoms with Gasteiger partial charge in [-0.15, -0.1) is 0 Å². The standard InChI is InChI=1S/C11H13BrClN3O/c1-11(17,5-14)4-9-15-8-3-6(13)2-7(12)10(8)16-9/h2-3,17H,4-5,14H2,1H3,(H,15,16). The molecule has 4 N–H and O–H groups in total. The van der Waals surface area contributed by atoms with Crippen molar-refractivity contribution < 1.29 is 5.11 Å². The number of imidazole rings is 1. The Morgan fingerprint density at radius 1 is 1.59 bits per heavy atom. The summed E-state index contributed by atoms with van der Waals surface area (Å²) in [6, 6.07) is 3.59. The summed E-state index contributed by atoms with van der Waals surface area (Å²) in [6.07, 6.45) is 0.377. The lowest BCUT2D eigenvalue weighted by molar-refractivity contribution is 0.0678. The normalized spacial score (nSPS) is 15.1. The summed E-state index contributed by atoms with van der Waals surface area (Å²) in [6.45, 7) is 1.87. The number of benzene rings is 1. The van der Waals surface area contributed by atoms with Crippen LogP contribution in [0, 0.1) is 0 Å². The van der Waals surface area contributed by atoms with Gasteiger partial charge < -0.3 is 15.8 Å². The monoisotopic (exact) mass is 317 g/mol. The molecule has 2 aromatic rings. The maximum Gasteiger partial charge on any atom is 0.110 e. The number of hydrogen-bond acceptors (Lipinski definition) is 3. The molecule has 2 rings (SSSR count). The Kier molecular flexibility index (Phi) is 3.45. The van der Waals surface area contributed by atoms with E-state index in [-0.39, 0.29) is 6.54 Å². The predicted octanol–water partition coefficient (Wildman–Crippen LogP) is 2.23. The van der Waals surface area contributed by atoms with E-state index in [2.05, 4.69) is 25.9 Å². The van der Waals surface area contributed by atoms with Crippen LogP contribution in [0.15, 0.2) is 16.6 Å². The van der Waals surface area contributed by atoms with Gasteiger partial charge in [0, 0.05) is 22.5 Å². The van der Waals surface area contributed by atoms with Crippen molar-refractivity contribution in [3.05, 3.63) is 27.5 Å². The highest BCUT2D eigenvalue weighted by atomic mass is 79.9. The molecule has 0 fully saturated rings. The first-order valence-electron chi connectivity index (χ1n) is 5.17. The molecular weight excluding hydrogens is 305 g/mol. The zero-order valence-electron chi connectivity index (χ0n) is 9.30. The second-order valence-electron chi connectivity index (χ2n) is 4.35. The van der Waals surface area contributed by atoms with Gasteiger partial charge in [-0.3, -0.25) is 0 Å². The maximum absolute atomic E-state index is 9.90. The lowest BCUT2D eigenvalue weighted by Crippen LogP contribution is -2.36. The number of aliphatic hydroxyl groups is 1. The molecule has 0 saturated heterocycles. The van der Waals surface area contributed by atoms with Crippen LogP contribution in [0.3, 0.4) is 0 Å². The van der Waals surface area contributed by atoms with Gasteiger partial charge in [-0.1, -0.05) is 11.6 Å². The van der Waals surface area contributed by atoms with E-state index in [1.165, 1.54) is 0 Å². The molecule has 1 atom stereocenters. The van der Waals surface area contributed by atoms with Crippen LogP contribution in [0.25, 0.3) is 11.0 Å². The number of aromatic amines is 1. The fraction of sp³-hybridized carbons (Fsp3) is 0.364. The number of fused-ring (bicyclic) bond motifs is 1. The first-order valence-corrected chi connectivity index (χ1v) is 6.34. The van der Waals surface area contributed by atoms with Crippen LogP contribution in [0.2, 0.25) is 5.02 Å². The Morgan fingerprint density at radius 2 is 2.29 bits per heavy atom. The van der Waals surface area contributed by atoms with Crippen LogP contribution < -0.4 is 5.73 Å². The Bertz CT molecular complexity index is 553. The number of nitrogens with zero attached hydrogens (tertiary/aromatic N) is 1. The molecule has 1 unspecified atom stereocenters. The fourth-order valence-corrected chi connectivity index (χ4v) is 2.51. The average molecular weight is 319 g/mol. The van der Waals surface area contributed by atoms with Gasteiger partial charge in [0.05, 0.1) is 11.1 Å². The van der Waals surface area contributed by atoms with E-state index in [0.717, 1.165) is 15.5 Å². The molecule has 17 heavy (non-hydrogen) atoms. The molecule has 92 valence electrons. The second-order valence-corrected chi connectivity index (χ2v) is 5.64. The summed E-state index contributed by atoms with van der Waals surface area (Å²) in [7, 11) is 0. The van der Waals surface area contributed by atoms with Crippen LogP contribution in [0.5, 0.6) is 0 Å². The predicted molar refractivity (Wildman–Crippen MR) is 72.2 cm³/mol. The van der Waals surface area contributed by atoms with E-state index in [1.807, 2.05) is 0 Å². The minimum absolute atomic E-state index is 0.186. The number of rotatable bonds is 3. The van der Waals surface area contributed by atoms with Crippen LogP contribution in [0.1, 0.15) is 12.7 Å². The fourth-order valence-electron chi connectivity index (χ4n) is 1.61. The molecule has 0 saturated carbocycles. The van der Waals surface area contributed by atoms with Crippen molar-refractivity contribution in [3.8, 4) is 0 Å². The average Bonchev–Trinajstić information content (AvgIpc) is 2.59. The zero-order valence-corrected chi connectivity index (χ0v) is 11.6. The molecule has 1 aromatic heterocycles. The molecule has 0 radical (unpaired) electrons. The van der Waals surface area contributed by atoms with Crippen LogP contribution >= 0.6 is 27.5 Å². The van der Waals surface area contributed by atoms with Crippen molar-refractivity contribution >= 4 is 38.6 Å². The molecule has 0 aliphatic carbocycles. The van der Waals surface area contributed by atoms with E-state index >= 15 is 0 Å². The van der Waals surface area contributed by atoms with E-state index in [4.69, 9.17) is 17.3 Å². The highest BCUT2D eigenvalue weighted by Crippen LogP contribution is 2.27. The third-order valence-corrected chi connectivity index (χ3v) is 3.36. The summed E-state index contributed by atoms with van der Waals surface area (Å²) in [5.41, 5.74) is 6.17. The lowest BCUT2D eigenvalue weighted by Gasteiger charge is -2.18. The molecule has 0 amide bonds. The van der Waals surface area contributed by atoms with E-state index in [1.54, 1.807) is 19.1 Å². The maximum atomic E-state index is 9.90. The SMILES string of the molecule is CC(O)(CN)Cc1nc2c(Br)cc(Cl)cc2[nH]1. The largest absolute Gasteiger partial charge is 0.388 e. The van der Waals surface area contributed by atoms with Gasteiger partial charge >= 0.3 is 0 Å². The molecule has 0 aliphatic heterocycles. The number of hydrogen-bond donors (Lipinski definition) is 3. The third-order valence-electron chi connectivity index (χ3n) is 2.54. The Hall–Kier alpha value is -0.620. The number of nitrogens with two attached hydrogens (primary N) is 1. The van der Waals surface area contributed by atoms with E-state index in [9.17, 15) is 5.11 Å². The Morgan fingerprint density at radius 3 is 2.94 bits per heavy atom. The van der Waals surface area contributed by atoms with Gasteiger partial charge in [0.1, 0.15) is 11.3 Å². The van der Waals surface area contributed by atoms with Crippen LogP contribution in [-0.2, 0) is 6.42 Å². The highest BCUT2D eigenvalue weighted by molar-refractivity contribution is 9.10. The van der Waals surface area contributed by atoms with Gasteiger partial charge in [0.15, 0.2) is 0 Å². The van der Waals surface area contributed by atoms with Crippen molar-refractivity contribution in [2.24, 2.45) is 5.73 Å². The molecule has 0 bridgehead atoms. The van der Waals surface area contributed by atoms with Gasteiger partial charge in [0.2, 0.25) is 0 Å². The number of halogens is 2. The molecule has 1 heterocycles. The summed E-state index contributed by atoms with van der Waals surface area (Å²) in [5, 5.41) is 10.5. The molecule has 0 aliphatic rings. The van der Waals surface area contributed by atoms with Crippen LogP contribution in [-0.4, -0.2) is 27.2 Å². The van der Waals surface area contributed by atoms with Crippen molar-refractivity contribution in [2.45, 2.75) is 18.9 Å². The minimum atomic E-state index is -0.954. The summed E-state index contributed by atoms with van der Waals surface area (Å²) >= 11 is 9.35.